The minimum atomic E-state index is 0.382. The van der Waals surface area contributed by atoms with E-state index >= 15 is 0 Å². The minimum Gasteiger partial charge on any atom is -0.381 e. The van der Waals surface area contributed by atoms with Gasteiger partial charge >= 0.3 is 0 Å². The maximum absolute atomic E-state index is 5.96. The number of hydrogen-bond acceptors (Lipinski definition) is 4. The molecule has 0 saturated carbocycles. The normalized spacial score (nSPS) is 21.2. The number of rotatable bonds is 9. The second-order valence-electron chi connectivity index (χ2n) is 7.50. The second kappa shape index (κ2) is 12.3. The first kappa shape index (κ1) is 21.5. The number of thioether (sulfide) groups is 1. The number of benzene rings is 1. The first-order chi connectivity index (χ1) is 13.8. The van der Waals surface area contributed by atoms with Crippen LogP contribution < -0.4 is 5.32 Å². The van der Waals surface area contributed by atoms with E-state index in [0.29, 0.717) is 6.10 Å². The summed E-state index contributed by atoms with van der Waals surface area (Å²) in [6, 6.07) is 10.7. The van der Waals surface area contributed by atoms with Crippen LogP contribution >= 0.6 is 11.8 Å². The van der Waals surface area contributed by atoms with E-state index in [4.69, 9.17) is 14.5 Å². The van der Waals surface area contributed by atoms with Crippen LogP contribution in [-0.4, -0.2) is 68.7 Å². The molecule has 2 aliphatic heterocycles. The van der Waals surface area contributed by atoms with Crippen molar-refractivity contribution >= 4 is 17.7 Å². The van der Waals surface area contributed by atoms with E-state index in [2.05, 4.69) is 47.5 Å². The summed E-state index contributed by atoms with van der Waals surface area (Å²) in [5.74, 6) is 2.98. The zero-order valence-electron chi connectivity index (χ0n) is 17.1. The van der Waals surface area contributed by atoms with Crippen LogP contribution in [0.4, 0.5) is 0 Å². The van der Waals surface area contributed by atoms with E-state index in [0.717, 1.165) is 77.1 Å². The largest absolute Gasteiger partial charge is 0.381 e. The van der Waals surface area contributed by atoms with E-state index in [1.54, 1.807) is 0 Å². The molecule has 0 bridgehead atoms. The molecular weight excluding hydrogens is 370 g/mol. The van der Waals surface area contributed by atoms with Gasteiger partial charge in [0.15, 0.2) is 5.96 Å². The minimum absolute atomic E-state index is 0.382. The lowest BCUT2D eigenvalue weighted by Crippen LogP contribution is -2.40. The fraction of sp³-hybridized carbons (Fsp3) is 0.682. The van der Waals surface area contributed by atoms with Gasteiger partial charge in [0.25, 0.3) is 0 Å². The summed E-state index contributed by atoms with van der Waals surface area (Å²) in [4.78, 5) is 8.65. The van der Waals surface area contributed by atoms with Gasteiger partial charge in [0, 0.05) is 56.6 Å². The summed E-state index contributed by atoms with van der Waals surface area (Å²) >= 11 is 1.97. The van der Waals surface area contributed by atoms with Crippen molar-refractivity contribution < 1.29 is 9.47 Å². The van der Waals surface area contributed by atoms with E-state index in [1.165, 1.54) is 17.1 Å². The molecule has 0 aromatic heterocycles. The van der Waals surface area contributed by atoms with Gasteiger partial charge in [0.05, 0.1) is 6.10 Å². The Morgan fingerprint density at radius 1 is 1.25 bits per heavy atom. The van der Waals surface area contributed by atoms with Gasteiger partial charge in [-0.25, -0.2) is 0 Å². The smallest absolute Gasteiger partial charge is 0.193 e. The number of ether oxygens (including phenoxy) is 2. The van der Waals surface area contributed by atoms with Crippen molar-refractivity contribution in [3.05, 3.63) is 30.3 Å². The van der Waals surface area contributed by atoms with Gasteiger partial charge in [-0.15, -0.1) is 11.8 Å². The predicted octanol–water partition coefficient (Wildman–Crippen LogP) is 3.65. The number of aliphatic imine (C=N–C) groups is 1. The van der Waals surface area contributed by atoms with Gasteiger partial charge in [-0.3, -0.25) is 4.99 Å². The fourth-order valence-electron chi connectivity index (χ4n) is 3.66. The molecule has 1 N–H and O–H groups in total. The number of nitrogens with one attached hydrogen (secondary N) is 1. The van der Waals surface area contributed by atoms with Crippen molar-refractivity contribution in [3.63, 3.8) is 0 Å². The Morgan fingerprint density at radius 3 is 2.86 bits per heavy atom. The molecule has 3 rings (SSSR count). The third-order valence-electron chi connectivity index (χ3n) is 5.24. The maximum Gasteiger partial charge on any atom is 0.193 e. The molecule has 156 valence electrons. The van der Waals surface area contributed by atoms with E-state index < -0.39 is 0 Å². The summed E-state index contributed by atoms with van der Waals surface area (Å²) in [6.45, 7) is 8.56. The lowest BCUT2D eigenvalue weighted by atomic mass is 10.1. The Bertz CT molecular complexity index is 578. The molecule has 0 amide bonds. The average molecular weight is 406 g/mol. The summed E-state index contributed by atoms with van der Waals surface area (Å²) in [6.07, 6.45) is 4.67. The SMILES string of the molecule is CCNC(=NCCCOC1CCOCC1)N1CCC(CSc2ccccc2)C1. The van der Waals surface area contributed by atoms with Crippen molar-refractivity contribution in [3.8, 4) is 0 Å². The molecule has 1 aromatic rings. The molecule has 28 heavy (non-hydrogen) atoms. The highest BCUT2D eigenvalue weighted by molar-refractivity contribution is 7.99. The van der Waals surface area contributed by atoms with Crippen LogP contribution in [-0.2, 0) is 9.47 Å². The van der Waals surface area contributed by atoms with E-state index in [1.807, 2.05) is 11.8 Å². The fourth-order valence-corrected chi connectivity index (χ4v) is 4.71. The highest BCUT2D eigenvalue weighted by Gasteiger charge is 2.24. The molecule has 2 aliphatic rings. The van der Waals surface area contributed by atoms with Crippen molar-refractivity contribution in [1.29, 1.82) is 0 Å². The van der Waals surface area contributed by atoms with Gasteiger partial charge in [-0.2, -0.15) is 0 Å². The Kier molecular flexibility index (Phi) is 9.47. The summed E-state index contributed by atoms with van der Waals surface area (Å²) in [7, 11) is 0. The Morgan fingerprint density at radius 2 is 2.07 bits per heavy atom. The highest BCUT2D eigenvalue weighted by atomic mass is 32.2. The van der Waals surface area contributed by atoms with Gasteiger partial charge in [-0.05, 0) is 50.7 Å². The first-order valence-corrected chi connectivity index (χ1v) is 11.7. The average Bonchev–Trinajstić information content (AvgIpc) is 3.22. The number of nitrogens with zero attached hydrogens (tertiary/aromatic N) is 2. The number of guanidine groups is 1. The standard InChI is InChI=1S/C22H35N3O2S/c1-2-23-22(24-12-6-14-27-20-10-15-26-16-11-20)25-13-9-19(17-25)18-28-21-7-4-3-5-8-21/h3-5,7-8,19-20H,2,6,9-18H2,1H3,(H,23,24). The van der Waals surface area contributed by atoms with Gasteiger partial charge in [0.2, 0.25) is 0 Å². The van der Waals surface area contributed by atoms with E-state index in [9.17, 15) is 0 Å². The van der Waals surface area contributed by atoms with Crippen molar-refractivity contribution in [2.45, 2.75) is 43.6 Å². The van der Waals surface area contributed by atoms with Crippen LogP contribution in [0.2, 0.25) is 0 Å². The molecule has 2 saturated heterocycles. The molecule has 2 heterocycles. The maximum atomic E-state index is 5.96. The number of hydrogen-bond donors (Lipinski definition) is 1. The summed E-state index contributed by atoms with van der Waals surface area (Å²) in [5, 5.41) is 3.47. The molecule has 0 radical (unpaired) electrons. The van der Waals surface area contributed by atoms with Crippen molar-refractivity contribution in [2.75, 3.05) is 51.8 Å². The van der Waals surface area contributed by atoms with Gasteiger partial charge < -0.3 is 19.7 Å². The van der Waals surface area contributed by atoms with Crippen LogP contribution in [0, 0.1) is 5.92 Å². The Labute approximate surface area is 174 Å². The summed E-state index contributed by atoms with van der Waals surface area (Å²) in [5.41, 5.74) is 0. The monoisotopic (exact) mass is 405 g/mol. The molecule has 2 fully saturated rings. The molecule has 5 nitrogen and oxygen atoms in total. The molecule has 0 aliphatic carbocycles. The first-order valence-electron chi connectivity index (χ1n) is 10.8. The molecule has 1 unspecified atom stereocenters. The van der Waals surface area contributed by atoms with Crippen LogP contribution in [0.3, 0.4) is 0 Å². The van der Waals surface area contributed by atoms with Crippen molar-refractivity contribution in [2.24, 2.45) is 10.9 Å². The van der Waals surface area contributed by atoms with E-state index in [-0.39, 0.29) is 0 Å². The topological polar surface area (TPSA) is 46.1 Å². The quantitative estimate of drug-likeness (QED) is 0.294. The Hall–Kier alpha value is -1.24. The van der Waals surface area contributed by atoms with Crippen LogP contribution in [0.15, 0.2) is 40.2 Å². The second-order valence-corrected chi connectivity index (χ2v) is 8.59. The predicted molar refractivity (Wildman–Crippen MR) is 117 cm³/mol. The lowest BCUT2D eigenvalue weighted by molar-refractivity contribution is -0.0318. The highest BCUT2D eigenvalue weighted by Crippen LogP contribution is 2.25. The van der Waals surface area contributed by atoms with Crippen LogP contribution in [0.5, 0.6) is 0 Å². The van der Waals surface area contributed by atoms with Gasteiger partial charge in [-0.1, -0.05) is 18.2 Å². The molecule has 1 aromatic carbocycles. The van der Waals surface area contributed by atoms with Crippen molar-refractivity contribution in [1.82, 2.24) is 10.2 Å². The Balaban J connectivity index is 1.37. The zero-order valence-corrected chi connectivity index (χ0v) is 18.0. The molecule has 1 atom stereocenters. The van der Waals surface area contributed by atoms with Crippen LogP contribution in [0.25, 0.3) is 0 Å². The summed E-state index contributed by atoms with van der Waals surface area (Å²) < 4.78 is 11.3. The van der Waals surface area contributed by atoms with Gasteiger partial charge in [0.1, 0.15) is 0 Å². The third-order valence-corrected chi connectivity index (χ3v) is 6.48. The molecule has 0 spiro atoms. The molecular formula is C22H35N3O2S. The molecule has 6 heteroatoms. The third kappa shape index (κ3) is 7.30. The zero-order chi connectivity index (χ0) is 19.4. The van der Waals surface area contributed by atoms with Crippen LogP contribution in [0.1, 0.15) is 32.6 Å². The lowest BCUT2D eigenvalue weighted by Gasteiger charge is -2.23. The number of likely N-dealkylation sites (tertiary alicyclic amines) is 1.